The molecule has 0 atom stereocenters. The van der Waals surface area contributed by atoms with Crippen molar-refractivity contribution in [2.45, 2.75) is 19.4 Å². The molecule has 7 heteroatoms. The SMILES string of the molecule is NCCCN(Cc1ccc(C(=O)Nc2ccccc2N)cc1)C(=O)NCCc1ccccc1. The Hall–Kier alpha value is -3.84. The second-order valence-corrected chi connectivity index (χ2v) is 7.77. The number of carbonyl (C=O) groups excluding carboxylic acids is 2. The Morgan fingerprint density at radius 1 is 0.848 bits per heavy atom. The number of benzene rings is 3. The Labute approximate surface area is 194 Å². The predicted octanol–water partition coefficient (Wildman–Crippen LogP) is 3.62. The highest BCUT2D eigenvalue weighted by Crippen LogP contribution is 2.18. The van der Waals surface area contributed by atoms with Crippen LogP contribution in [-0.4, -0.2) is 36.5 Å². The summed E-state index contributed by atoms with van der Waals surface area (Å²) in [5.41, 5.74) is 15.3. The van der Waals surface area contributed by atoms with Crippen molar-refractivity contribution in [3.8, 4) is 0 Å². The van der Waals surface area contributed by atoms with E-state index in [1.165, 1.54) is 5.56 Å². The molecule has 0 aliphatic heterocycles. The zero-order chi connectivity index (χ0) is 23.5. The van der Waals surface area contributed by atoms with Crippen LogP contribution in [0, 0.1) is 0 Å². The molecule has 0 aliphatic carbocycles. The molecule has 0 aromatic heterocycles. The maximum absolute atomic E-state index is 12.8. The van der Waals surface area contributed by atoms with Crippen LogP contribution in [0.25, 0.3) is 0 Å². The molecule has 0 aliphatic rings. The lowest BCUT2D eigenvalue weighted by atomic mass is 10.1. The van der Waals surface area contributed by atoms with Crippen molar-refractivity contribution in [1.82, 2.24) is 10.2 Å². The number of hydrogen-bond donors (Lipinski definition) is 4. The summed E-state index contributed by atoms with van der Waals surface area (Å²) in [7, 11) is 0. The van der Waals surface area contributed by atoms with Crippen molar-refractivity contribution < 1.29 is 9.59 Å². The van der Waals surface area contributed by atoms with Gasteiger partial charge in [0.05, 0.1) is 11.4 Å². The summed E-state index contributed by atoms with van der Waals surface area (Å²) in [5.74, 6) is -0.238. The molecule has 172 valence electrons. The van der Waals surface area contributed by atoms with Gasteiger partial charge in [-0.05, 0) is 54.8 Å². The monoisotopic (exact) mass is 445 g/mol. The van der Waals surface area contributed by atoms with Crippen LogP contribution in [0.1, 0.15) is 27.9 Å². The number of carbonyl (C=O) groups is 2. The maximum atomic E-state index is 12.8. The van der Waals surface area contributed by atoms with E-state index in [-0.39, 0.29) is 11.9 Å². The Morgan fingerprint density at radius 3 is 2.24 bits per heavy atom. The minimum Gasteiger partial charge on any atom is -0.397 e. The van der Waals surface area contributed by atoms with Gasteiger partial charge >= 0.3 is 6.03 Å². The third-order valence-electron chi connectivity index (χ3n) is 5.25. The molecule has 0 bridgehead atoms. The first-order valence-electron chi connectivity index (χ1n) is 11.1. The predicted molar refractivity (Wildman–Crippen MR) is 133 cm³/mol. The summed E-state index contributed by atoms with van der Waals surface area (Å²) in [6.45, 7) is 2.06. The Kier molecular flexibility index (Phi) is 8.85. The molecule has 3 rings (SSSR count). The summed E-state index contributed by atoms with van der Waals surface area (Å²) in [5, 5.41) is 5.81. The highest BCUT2D eigenvalue weighted by atomic mass is 16.2. The second kappa shape index (κ2) is 12.3. The fourth-order valence-corrected chi connectivity index (χ4v) is 3.39. The minimum atomic E-state index is -0.238. The number of nitrogens with one attached hydrogen (secondary N) is 2. The topological polar surface area (TPSA) is 113 Å². The molecule has 7 nitrogen and oxygen atoms in total. The van der Waals surface area contributed by atoms with Gasteiger partial charge in [0.2, 0.25) is 0 Å². The highest BCUT2D eigenvalue weighted by Gasteiger charge is 2.14. The van der Waals surface area contributed by atoms with Crippen LogP contribution in [0.4, 0.5) is 16.2 Å². The third-order valence-corrected chi connectivity index (χ3v) is 5.25. The standard InChI is InChI=1S/C26H31N5O2/c27-16-6-18-31(26(33)29-17-15-20-7-2-1-3-8-20)19-21-11-13-22(14-12-21)25(32)30-24-10-5-4-9-23(24)28/h1-5,7-14H,6,15-19,27-28H2,(H,29,33)(H,30,32). The van der Waals surface area contributed by atoms with Crippen molar-refractivity contribution in [3.63, 3.8) is 0 Å². The van der Waals surface area contributed by atoms with E-state index in [1.54, 1.807) is 29.2 Å². The van der Waals surface area contributed by atoms with Crippen LogP contribution in [0.3, 0.4) is 0 Å². The molecule has 0 fully saturated rings. The van der Waals surface area contributed by atoms with Gasteiger partial charge in [-0.3, -0.25) is 4.79 Å². The van der Waals surface area contributed by atoms with Crippen molar-refractivity contribution >= 4 is 23.3 Å². The number of rotatable bonds is 10. The van der Waals surface area contributed by atoms with Crippen molar-refractivity contribution in [2.75, 3.05) is 30.7 Å². The van der Waals surface area contributed by atoms with Crippen LogP contribution in [0.2, 0.25) is 0 Å². The molecule has 3 aromatic rings. The summed E-state index contributed by atoms with van der Waals surface area (Å²) in [4.78, 5) is 27.0. The third kappa shape index (κ3) is 7.36. The summed E-state index contributed by atoms with van der Waals surface area (Å²) in [6.07, 6.45) is 1.48. The van der Waals surface area contributed by atoms with E-state index in [9.17, 15) is 9.59 Å². The smallest absolute Gasteiger partial charge is 0.317 e. The molecule has 3 amide bonds. The van der Waals surface area contributed by atoms with Crippen molar-refractivity contribution in [3.05, 3.63) is 95.6 Å². The van der Waals surface area contributed by atoms with Crippen LogP contribution in [-0.2, 0) is 13.0 Å². The molecule has 0 spiro atoms. The average Bonchev–Trinajstić information content (AvgIpc) is 2.84. The molecule has 0 heterocycles. The summed E-state index contributed by atoms with van der Waals surface area (Å²) >= 11 is 0. The van der Waals surface area contributed by atoms with Crippen LogP contribution < -0.4 is 22.1 Å². The van der Waals surface area contributed by atoms with E-state index < -0.39 is 0 Å². The van der Waals surface area contributed by atoms with E-state index in [2.05, 4.69) is 10.6 Å². The molecule has 0 saturated carbocycles. The molecule has 0 unspecified atom stereocenters. The number of nitrogen functional groups attached to an aromatic ring is 1. The van der Waals surface area contributed by atoms with Crippen LogP contribution in [0.5, 0.6) is 0 Å². The number of amides is 3. The molecular formula is C26H31N5O2. The molecule has 3 aromatic carbocycles. The Bertz CT molecular complexity index is 1040. The van der Waals surface area contributed by atoms with Crippen molar-refractivity contribution in [2.24, 2.45) is 5.73 Å². The number of anilines is 2. The van der Waals surface area contributed by atoms with E-state index in [0.717, 1.165) is 12.0 Å². The lowest BCUT2D eigenvalue weighted by molar-refractivity contribution is 0.102. The summed E-state index contributed by atoms with van der Waals surface area (Å²) < 4.78 is 0. The van der Waals surface area contributed by atoms with Crippen LogP contribution >= 0.6 is 0 Å². The molecule has 33 heavy (non-hydrogen) atoms. The first kappa shape index (κ1) is 23.8. The van der Waals surface area contributed by atoms with Crippen molar-refractivity contribution in [1.29, 1.82) is 0 Å². The minimum absolute atomic E-state index is 0.124. The van der Waals surface area contributed by atoms with Crippen LogP contribution in [0.15, 0.2) is 78.9 Å². The second-order valence-electron chi connectivity index (χ2n) is 7.77. The molecule has 0 saturated heterocycles. The van der Waals surface area contributed by atoms with Gasteiger partial charge < -0.3 is 27.0 Å². The zero-order valence-corrected chi connectivity index (χ0v) is 18.7. The lowest BCUT2D eigenvalue weighted by Crippen LogP contribution is -2.41. The fourth-order valence-electron chi connectivity index (χ4n) is 3.39. The number of hydrogen-bond acceptors (Lipinski definition) is 4. The van der Waals surface area contributed by atoms with E-state index in [0.29, 0.717) is 49.5 Å². The van der Waals surface area contributed by atoms with Gasteiger partial charge in [-0.1, -0.05) is 54.6 Å². The number of urea groups is 1. The summed E-state index contributed by atoms with van der Waals surface area (Å²) in [6, 6.07) is 24.2. The molecule has 6 N–H and O–H groups in total. The molecule has 0 radical (unpaired) electrons. The number of nitrogens with zero attached hydrogens (tertiary/aromatic N) is 1. The first-order valence-corrected chi connectivity index (χ1v) is 11.1. The van der Waals surface area contributed by atoms with Gasteiger partial charge in [-0.25, -0.2) is 4.79 Å². The average molecular weight is 446 g/mol. The largest absolute Gasteiger partial charge is 0.397 e. The van der Waals surface area contributed by atoms with Gasteiger partial charge in [0.25, 0.3) is 5.91 Å². The van der Waals surface area contributed by atoms with Gasteiger partial charge in [-0.15, -0.1) is 0 Å². The fraction of sp³-hybridized carbons (Fsp3) is 0.231. The van der Waals surface area contributed by atoms with Gasteiger partial charge in [0.15, 0.2) is 0 Å². The normalized spacial score (nSPS) is 10.5. The highest BCUT2D eigenvalue weighted by molar-refractivity contribution is 6.05. The first-order chi connectivity index (χ1) is 16.1. The Morgan fingerprint density at radius 2 is 1.55 bits per heavy atom. The maximum Gasteiger partial charge on any atom is 0.317 e. The lowest BCUT2D eigenvalue weighted by Gasteiger charge is -2.23. The van der Waals surface area contributed by atoms with E-state index in [1.807, 2.05) is 54.6 Å². The quantitative estimate of drug-likeness (QED) is 0.357. The zero-order valence-electron chi connectivity index (χ0n) is 18.7. The van der Waals surface area contributed by atoms with Gasteiger partial charge in [0, 0.05) is 25.2 Å². The number of nitrogens with two attached hydrogens (primary N) is 2. The van der Waals surface area contributed by atoms with E-state index in [4.69, 9.17) is 11.5 Å². The van der Waals surface area contributed by atoms with E-state index >= 15 is 0 Å². The molecular weight excluding hydrogens is 414 g/mol. The van der Waals surface area contributed by atoms with Gasteiger partial charge in [-0.2, -0.15) is 0 Å². The van der Waals surface area contributed by atoms with Gasteiger partial charge in [0.1, 0.15) is 0 Å². The number of para-hydroxylation sites is 2. The Balaban J connectivity index is 1.57.